The molecule has 0 saturated carbocycles. The van der Waals surface area contributed by atoms with Gasteiger partial charge >= 0.3 is 7.82 Å². The van der Waals surface area contributed by atoms with E-state index in [2.05, 4.69) is 31.3 Å². The number of aliphatic hydroxyl groups is 1. The van der Waals surface area contributed by atoms with Crippen molar-refractivity contribution >= 4 is 13.7 Å². The minimum Gasteiger partial charge on any atom is -0.391 e. The van der Waals surface area contributed by atoms with Crippen LogP contribution in [0.15, 0.2) is 12.2 Å². The van der Waals surface area contributed by atoms with Gasteiger partial charge in [-0.05, 0) is 38.5 Å². The number of allylic oxidation sites excluding steroid dienone is 2. The lowest BCUT2D eigenvalue weighted by atomic mass is 10.0. The Hall–Kier alpha value is -0.760. The molecule has 0 heterocycles. The maximum atomic E-state index is 12.8. The highest BCUT2D eigenvalue weighted by Gasteiger charge is 2.28. The Labute approximate surface area is 278 Å². The molecule has 0 aliphatic carbocycles. The minimum atomic E-state index is -4.30. The summed E-state index contributed by atoms with van der Waals surface area (Å²) < 4.78 is 23.4. The predicted octanol–water partition coefficient (Wildman–Crippen LogP) is 9.24. The van der Waals surface area contributed by atoms with Gasteiger partial charge in [-0.15, -0.1) is 0 Å². The number of nitrogens with zero attached hydrogens (tertiary/aromatic N) is 1. The Bertz CT molecular complexity index is 758. The van der Waals surface area contributed by atoms with E-state index in [1.54, 1.807) is 0 Å². The average molecular weight is 662 g/mol. The predicted molar refractivity (Wildman–Crippen MR) is 189 cm³/mol. The number of amides is 1. The Kier molecular flexibility index (Phi) is 28.9. The van der Waals surface area contributed by atoms with E-state index in [0.717, 1.165) is 44.9 Å². The SMILES string of the molecule is CCCCCC/C=C/CCCC[C@@H](O)[C@H](COP(=O)(O)OCC[N+](C)(C)C)NC(=O)CCCCCCCCCCCCCCC. The number of phosphoric acid groups is 1. The molecule has 268 valence electrons. The number of carbonyl (C=O) groups is 1. The zero-order chi connectivity index (χ0) is 33.7. The van der Waals surface area contributed by atoms with Crippen LogP contribution >= 0.6 is 7.82 Å². The largest absolute Gasteiger partial charge is 0.472 e. The molecular weight excluding hydrogens is 587 g/mol. The number of rotatable bonds is 33. The van der Waals surface area contributed by atoms with Gasteiger partial charge in [-0.3, -0.25) is 13.8 Å². The smallest absolute Gasteiger partial charge is 0.391 e. The molecule has 3 N–H and O–H groups in total. The van der Waals surface area contributed by atoms with Crippen LogP contribution < -0.4 is 5.32 Å². The number of unbranched alkanes of at least 4 members (excludes halogenated alkanes) is 18. The Morgan fingerprint density at radius 3 is 1.71 bits per heavy atom. The van der Waals surface area contributed by atoms with E-state index < -0.39 is 20.0 Å². The Morgan fingerprint density at radius 1 is 0.733 bits per heavy atom. The first-order valence-electron chi connectivity index (χ1n) is 18.6. The number of likely N-dealkylation sites (N-methyl/N-ethyl adjacent to an activating group) is 1. The summed E-state index contributed by atoms with van der Waals surface area (Å²) in [5, 5.41) is 13.8. The van der Waals surface area contributed by atoms with Gasteiger partial charge < -0.3 is 19.8 Å². The molecule has 0 radical (unpaired) electrons. The maximum absolute atomic E-state index is 12.8. The first-order valence-corrected chi connectivity index (χ1v) is 20.0. The molecular formula is C36H74N2O6P+. The molecule has 0 aromatic rings. The van der Waals surface area contributed by atoms with Gasteiger partial charge in [0.25, 0.3) is 0 Å². The molecule has 0 aromatic carbocycles. The topological polar surface area (TPSA) is 105 Å². The highest BCUT2D eigenvalue weighted by atomic mass is 31.2. The molecule has 0 fully saturated rings. The third kappa shape index (κ3) is 31.6. The second-order valence-corrected chi connectivity index (χ2v) is 15.4. The van der Waals surface area contributed by atoms with Crippen LogP contribution in [0.4, 0.5) is 0 Å². The lowest BCUT2D eigenvalue weighted by Crippen LogP contribution is -2.46. The van der Waals surface area contributed by atoms with E-state index in [0.29, 0.717) is 23.9 Å². The molecule has 45 heavy (non-hydrogen) atoms. The summed E-state index contributed by atoms with van der Waals surface area (Å²) in [7, 11) is 1.60. The Balaban J connectivity index is 4.50. The zero-order valence-electron chi connectivity index (χ0n) is 30.1. The molecule has 0 aromatic heterocycles. The first kappa shape index (κ1) is 44.2. The highest BCUT2D eigenvalue weighted by molar-refractivity contribution is 7.47. The minimum absolute atomic E-state index is 0.0715. The number of carbonyl (C=O) groups excluding carboxylic acids is 1. The quantitative estimate of drug-likeness (QED) is 0.0280. The average Bonchev–Trinajstić information content (AvgIpc) is 2.97. The fraction of sp³-hybridized carbons (Fsp3) is 0.917. The van der Waals surface area contributed by atoms with Gasteiger partial charge in [0.1, 0.15) is 13.2 Å². The summed E-state index contributed by atoms with van der Waals surface area (Å²) >= 11 is 0. The van der Waals surface area contributed by atoms with Gasteiger partial charge in [0.15, 0.2) is 0 Å². The number of aliphatic hydroxyl groups excluding tert-OH is 1. The molecule has 0 aliphatic rings. The Morgan fingerprint density at radius 2 is 1.20 bits per heavy atom. The van der Waals surface area contributed by atoms with E-state index in [4.69, 9.17) is 9.05 Å². The van der Waals surface area contributed by atoms with Crippen molar-refractivity contribution < 1.29 is 32.9 Å². The summed E-state index contributed by atoms with van der Waals surface area (Å²) in [6.45, 7) is 4.81. The monoisotopic (exact) mass is 662 g/mol. The molecule has 0 aliphatic heterocycles. The van der Waals surface area contributed by atoms with Crippen LogP contribution in [-0.2, 0) is 18.4 Å². The third-order valence-corrected chi connectivity index (χ3v) is 9.25. The van der Waals surface area contributed by atoms with Crippen LogP contribution in [0.2, 0.25) is 0 Å². The summed E-state index contributed by atoms with van der Waals surface area (Å²) in [6.07, 6.45) is 29.5. The number of hydrogen-bond donors (Lipinski definition) is 3. The second kappa shape index (κ2) is 29.4. The number of phosphoric ester groups is 1. The van der Waals surface area contributed by atoms with Gasteiger partial charge in [-0.25, -0.2) is 4.57 Å². The van der Waals surface area contributed by atoms with Crippen molar-refractivity contribution in [1.82, 2.24) is 5.32 Å². The lowest BCUT2D eigenvalue weighted by molar-refractivity contribution is -0.870. The van der Waals surface area contributed by atoms with E-state index in [9.17, 15) is 19.4 Å². The summed E-state index contributed by atoms with van der Waals surface area (Å²) in [5.41, 5.74) is 0. The van der Waals surface area contributed by atoms with E-state index in [1.807, 2.05) is 21.1 Å². The highest BCUT2D eigenvalue weighted by Crippen LogP contribution is 2.43. The molecule has 8 nitrogen and oxygen atoms in total. The van der Waals surface area contributed by atoms with E-state index in [-0.39, 0.29) is 19.1 Å². The molecule has 0 saturated heterocycles. The van der Waals surface area contributed by atoms with Crippen molar-refractivity contribution in [3.05, 3.63) is 12.2 Å². The van der Waals surface area contributed by atoms with Crippen LogP contribution in [0, 0.1) is 0 Å². The van der Waals surface area contributed by atoms with Crippen molar-refractivity contribution in [2.45, 2.75) is 174 Å². The molecule has 0 bridgehead atoms. The molecule has 0 spiro atoms. The zero-order valence-corrected chi connectivity index (χ0v) is 31.0. The van der Waals surface area contributed by atoms with Crippen molar-refractivity contribution in [1.29, 1.82) is 0 Å². The fourth-order valence-corrected chi connectivity index (χ4v) is 5.95. The molecule has 1 unspecified atom stereocenters. The van der Waals surface area contributed by atoms with E-state index >= 15 is 0 Å². The second-order valence-electron chi connectivity index (χ2n) is 14.0. The van der Waals surface area contributed by atoms with Gasteiger partial charge in [-0.2, -0.15) is 0 Å². The molecule has 1 amide bonds. The van der Waals surface area contributed by atoms with Crippen molar-refractivity contribution in [2.75, 3.05) is 40.9 Å². The number of hydrogen-bond acceptors (Lipinski definition) is 5. The fourth-order valence-electron chi connectivity index (χ4n) is 5.21. The van der Waals surface area contributed by atoms with Crippen molar-refractivity contribution in [2.24, 2.45) is 0 Å². The number of nitrogens with one attached hydrogen (secondary N) is 1. The summed E-state index contributed by atoms with van der Waals surface area (Å²) in [6, 6.07) is -0.768. The first-order chi connectivity index (χ1) is 21.5. The molecule has 0 rings (SSSR count). The van der Waals surface area contributed by atoms with Gasteiger partial charge in [0, 0.05) is 6.42 Å². The molecule has 9 heteroatoms. The van der Waals surface area contributed by atoms with Crippen LogP contribution in [0.1, 0.15) is 162 Å². The van der Waals surface area contributed by atoms with Crippen LogP contribution in [0.25, 0.3) is 0 Å². The van der Waals surface area contributed by atoms with Crippen molar-refractivity contribution in [3.63, 3.8) is 0 Å². The standard InChI is InChI=1S/C36H73N2O6P/c1-6-8-10-12-14-16-18-19-20-22-24-26-28-30-36(40)37-34(33-44-45(41,42)43-32-31-38(3,4)5)35(39)29-27-25-23-21-17-15-13-11-9-7-2/h17,21,34-35,39H,6-16,18-20,22-33H2,1-5H3,(H-,37,40,41,42)/p+1/b21-17+/t34-,35+/m0/s1. The van der Waals surface area contributed by atoms with Crippen molar-refractivity contribution in [3.8, 4) is 0 Å². The maximum Gasteiger partial charge on any atom is 0.472 e. The summed E-state index contributed by atoms with van der Waals surface area (Å²) in [4.78, 5) is 22.9. The van der Waals surface area contributed by atoms with Gasteiger partial charge in [-0.1, -0.05) is 129 Å². The summed E-state index contributed by atoms with van der Waals surface area (Å²) in [5.74, 6) is -0.157. The van der Waals surface area contributed by atoms with Crippen LogP contribution in [0.5, 0.6) is 0 Å². The van der Waals surface area contributed by atoms with Crippen LogP contribution in [0.3, 0.4) is 0 Å². The normalized spacial score (nSPS) is 14.9. The third-order valence-electron chi connectivity index (χ3n) is 8.26. The number of quaternary nitrogens is 1. The van der Waals surface area contributed by atoms with Gasteiger partial charge in [0.05, 0.1) is 39.9 Å². The van der Waals surface area contributed by atoms with E-state index in [1.165, 1.54) is 89.9 Å². The molecule has 3 atom stereocenters. The van der Waals surface area contributed by atoms with Crippen LogP contribution in [-0.4, -0.2) is 73.4 Å². The van der Waals surface area contributed by atoms with Gasteiger partial charge in [0.2, 0.25) is 5.91 Å². The lowest BCUT2D eigenvalue weighted by Gasteiger charge is -2.26.